The van der Waals surface area contributed by atoms with E-state index >= 15 is 4.39 Å². The van der Waals surface area contributed by atoms with Gasteiger partial charge in [-0.1, -0.05) is 112 Å². The standard InChI is InChI=1S/C64H68FN11O14P2SSi/c1-63(2,3)94(6,7)90-54-52(89-92(93,84-33-17-32-66)85-35-47-49(65)53(88-91(79)80)61(86-47)75-38-71-50-55(67-36-69-57(50)75)73-59(77)40-18-11-8-12-19-40)48(87-62(54)76-39-72-51-56(68-37-70-58(51)76)74-60(78)41-20-13-9-14-21-41)34-83-64(42-22-15-10-16-23-42,43-24-28-45(81-4)29-25-43)44-26-30-46(82-5)31-27-44/h8-16,18-31,36-39,47-49,52-54,61-62,91H,17,33-35H2,1-7H3,(H,79,80)(H,67,69,73,77)(H,68,70,74,78)/t47-,48-,49+,52-,53-,54-,61-,62-,92?/m1/s1. The van der Waals surface area contributed by atoms with Crippen molar-refractivity contribution >= 4 is 80.9 Å². The minimum Gasteiger partial charge on any atom is -0.497 e. The number of anilines is 2. The molecule has 0 spiro atoms. The Balaban J connectivity index is 0.998. The van der Waals surface area contributed by atoms with E-state index in [-0.39, 0.29) is 53.6 Å². The first kappa shape index (κ1) is 67.3. The molecule has 30 heteroatoms. The van der Waals surface area contributed by atoms with Crippen molar-refractivity contribution in [3.63, 3.8) is 0 Å². The predicted octanol–water partition coefficient (Wildman–Crippen LogP) is 11.0. The lowest BCUT2D eigenvalue weighted by Gasteiger charge is -2.41. The van der Waals surface area contributed by atoms with Crippen LogP contribution in [0, 0.1) is 11.3 Å². The van der Waals surface area contributed by atoms with E-state index in [1.54, 1.807) is 79.5 Å². The number of methoxy groups -OCH3 is 2. The van der Waals surface area contributed by atoms with E-state index in [1.807, 2.05) is 92.0 Å². The summed E-state index contributed by atoms with van der Waals surface area (Å²) in [6, 6.07) is 43.6. The van der Waals surface area contributed by atoms with Crippen LogP contribution >= 0.6 is 15.0 Å². The number of fused-ring (bicyclic) bond motifs is 2. The number of halogens is 1. The molecule has 2 fully saturated rings. The van der Waals surface area contributed by atoms with Crippen molar-refractivity contribution in [1.82, 2.24) is 39.0 Å². The number of nitrogens with one attached hydrogen (secondary N) is 2. The summed E-state index contributed by atoms with van der Waals surface area (Å²) in [7, 11) is -3.68. The fourth-order valence-electron chi connectivity index (χ4n) is 10.8. The maximum atomic E-state index is 17.3. The van der Waals surface area contributed by atoms with Crippen LogP contribution < -0.4 is 20.1 Å². The number of hydrogen-bond donors (Lipinski definition) is 3. The van der Waals surface area contributed by atoms with E-state index in [1.165, 1.54) is 23.5 Å². The number of carbonyl (C=O) groups excluding carboxylic acids is 2. The number of benzene rings is 5. The number of amides is 2. The van der Waals surface area contributed by atoms with Gasteiger partial charge in [0.25, 0.3) is 11.8 Å². The van der Waals surface area contributed by atoms with E-state index in [4.69, 9.17) is 68.0 Å². The first-order valence-corrected chi connectivity index (χ1v) is 36.5. The molecule has 10 atom stereocenters. The van der Waals surface area contributed by atoms with Gasteiger partial charge in [-0.15, -0.1) is 0 Å². The molecular formula is C64H68FN11O14P2SSi. The monoisotopic (exact) mass is 1360 g/mol. The van der Waals surface area contributed by atoms with Crippen LogP contribution in [0.25, 0.3) is 22.3 Å². The highest BCUT2D eigenvalue weighted by molar-refractivity contribution is 8.07. The van der Waals surface area contributed by atoms with Crippen molar-refractivity contribution in [3.8, 4) is 17.6 Å². The highest BCUT2D eigenvalue weighted by atomic mass is 32.5. The number of ether oxygens (including phenoxy) is 5. The molecular weight excluding hydrogens is 1290 g/mol. The molecule has 0 bridgehead atoms. The van der Waals surface area contributed by atoms with Gasteiger partial charge >= 0.3 is 15.0 Å². The van der Waals surface area contributed by atoms with Gasteiger partial charge in [0.2, 0.25) is 0 Å². The molecule has 2 saturated heterocycles. The quantitative estimate of drug-likeness (QED) is 0.0196. The Morgan fingerprint density at radius 2 is 1.16 bits per heavy atom. The molecule has 11 rings (SSSR count). The Hall–Kier alpha value is -8.10. The van der Waals surface area contributed by atoms with Gasteiger partial charge in [-0.3, -0.25) is 32.3 Å². The lowest BCUT2D eigenvalue weighted by atomic mass is 9.80. The molecule has 4 aromatic heterocycles. The Bertz CT molecular complexity index is 4190. The van der Waals surface area contributed by atoms with Crippen molar-refractivity contribution in [2.45, 2.75) is 100 Å². The SMILES string of the molecule is COc1ccc(C(OC[C@H]2O[C@@H](n3cnc4c(NC(=O)c5ccccc5)ncnc43)[C@H](O[Si](C)(C)C(C)(C)C)[C@@H]2OP(=S)(OCCC#N)OC[C@H]2O[C@@H](n3cnc4c(NC(=O)c5ccccc5)ncnc43)[C@H](O[PH](=O)O)[C@H]2F)(c2ccccc2)c2ccc(OC)cc2)cc1. The molecule has 2 aliphatic rings. The number of rotatable bonds is 26. The number of hydrogen-bond acceptors (Lipinski definition) is 21. The van der Waals surface area contributed by atoms with E-state index in [9.17, 15) is 24.3 Å². The van der Waals surface area contributed by atoms with Gasteiger partial charge in [0.1, 0.15) is 60.3 Å². The van der Waals surface area contributed by atoms with Crippen molar-refractivity contribution < 1.29 is 69.6 Å². The van der Waals surface area contributed by atoms with Gasteiger partial charge in [-0.25, -0.2) is 34.3 Å². The molecule has 2 amide bonds. The first-order valence-electron chi connectivity index (χ1n) is 29.8. The molecule has 25 nitrogen and oxygen atoms in total. The summed E-state index contributed by atoms with van der Waals surface area (Å²) < 4.78 is 98.3. The second-order valence-corrected chi connectivity index (χ2v) is 31.9. The van der Waals surface area contributed by atoms with Gasteiger partial charge < -0.3 is 52.7 Å². The predicted molar refractivity (Wildman–Crippen MR) is 350 cm³/mol. The first-order chi connectivity index (χ1) is 45.2. The highest BCUT2D eigenvalue weighted by Gasteiger charge is 2.56. The van der Waals surface area contributed by atoms with Crippen molar-refractivity contribution in [3.05, 3.63) is 193 Å². The van der Waals surface area contributed by atoms with Crippen LogP contribution in [0.1, 0.15) is 77.1 Å². The Morgan fingerprint density at radius 1 is 0.681 bits per heavy atom. The summed E-state index contributed by atoms with van der Waals surface area (Å²) in [5.74, 6) is 0.385. The van der Waals surface area contributed by atoms with Crippen molar-refractivity contribution in [2.75, 3.05) is 44.7 Å². The second-order valence-electron chi connectivity index (χ2n) is 23.4. The zero-order valence-electron chi connectivity index (χ0n) is 52.0. The van der Waals surface area contributed by atoms with Gasteiger partial charge in [0, 0.05) is 11.1 Å². The average Bonchev–Trinajstić information content (AvgIpc) is 1.41. The van der Waals surface area contributed by atoms with Crippen LogP contribution in [-0.4, -0.2) is 135 Å². The molecule has 6 heterocycles. The topological polar surface area (TPSA) is 299 Å². The Morgan fingerprint density at radius 3 is 1.64 bits per heavy atom. The van der Waals surface area contributed by atoms with E-state index in [2.05, 4.69) is 57.4 Å². The molecule has 0 aliphatic carbocycles. The summed E-state index contributed by atoms with van der Waals surface area (Å²) in [6.07, 6.45) is -6.96. The molecule has 2 aliphatic heterocycles. The Labute approximate surface area is 547 Å². The van der Waals surface area contributed by atoms with Crippen molar-refractivity contribution in [1.29, 1.82) is 5.26 Å². The molecule has 5 aromatic carbocycles. The highest BCUT2D eigenvalue weighted by Crippen LogP contribution is 2.56. The van der Waals surface area contributed by atoms with Crippen LogP contribution in [0.2, 0.25) is 18.1 Å². The van der Waals surface area contributed by atoms with Crippen LogP contribution in [0.15, 0.2) is 165 Å². The minimum atomic E-state index is -4.35. The van der Waals surface area contributed by atoms with E-state index in [0.29, 0.717) is 33.8 Å². The normalized spacial score (nSPS) is 20.9. The number of aromatic nitrogens is 8. The fourth-order valence-corrected chi connectivity index (χ4v) is 14.7. The largest absolute Gasteiger partial charge is 0.497 e. The maximum absolute atomic E-state index is 17.3. The second kappa shape index (κ2) is 28.9. The molecule has 94 heavy (non-hydrogen) atoms. The fraction of sp³-hybridized carbons (Fsp3) is 0.328. The lowest BCUT2D eigenvalue weighted by Crippen LogP contribution is -2.49. The third-order valence-electron chi connectivity index (χ3n) is 16.6. The molecule has 3 N–H and O–H groups in total. The maximum Gasteiger partial charge on any atom is 0.327 e. The molecule has 9 aromatic rings. The minimum absolute atomic E-state index is 0.0179. The lowest BCUT2D eigenvalue weighted by molar-refractivity contribution is -0.0937. The summed E-state index contributed by atoms with van der Waals surface area (Å²) in [6.45, 7) is 4.61. The molecule has 2 unspecified atom stereocenters. The van der Waals surface area contributed by atoms with Crippen LogP contribution in [0.3, 0.4) is 0 Å². The van der Waals surface area contributed by atoms with Gasteiger partial charge in [-0.05, 0) is 95.2 Å². The third-order valence-corrected chi connectivity index (χ3v) is 23.9. The molecule has 0 radical (unpaired) electrons. The number of imidazole rings is 2. The zero-order chi connectivity index (χ0) is 66.4. The number of carbonyl (C=O) groups is 2. The Kier molecular flexibility index (Phi) is 20.7. The average molecular weight is 1360 g/mol. The van der Waals surface area contributed by atoms with Crippen LogP contribution in [0.4, 0.5) is 16.0 Å². The summed E-state index contributed by atoms with van der Waals surface area (Å²) in [4.78, 5) is 64.0. The number of alkyl halides is 1. The van der Waals surface area contributed by atoms with Gasteiger partial charge in [-0.2, -0.15) is 5.26 Å². The smallest absolute Gasteiger partial charge is 0.327 e. The summed E-state index contributed by atoms with van der Waals surface area (Å²) in [5.41, 5.74) is 1.98. The molecule has 490 valence electrons. The third kappa shape index (κ3) is 14.3. The summed E-state index contributed by atoms with van der Waals surface area (Å²) >= 11 is 6.38. The van der Waals surface area contributed by atoms with Crippen LogP contribution in [0.5, 0.6) is 11.5 Å². The van der Waals surface area contributed by atoms with E-state index in [0.717, 1.165) is 11.9 Å². The van der Waals surface area contributed by atoms with Crippen LogP contribution in [-0.2, 0) is 58.7 Å². The number of nitriles is 1. The number of nitrogens with zero attached hydrogens (tertiary/aromatic N) is 9. The van der Waals surface area contributed by atoms with Gasteiger partial charge in [0.15, 0.2) is 60.9 Å². The van der Waals surface area contributed by atoms with E-state index < -0.39 is 101 Å². The summed E-state index contributed by atoms with van der Waals surface area (Å²) in [5, 5.41) is 15.1. The van der Waals surface area contributed by atoms with Gasteiger partial charge in [0.05, 0.1) is 59.2 Å². The zero-order valence-corrected chi connectivity index (χ0v) is 55.8. The molecule has 0 saturated carbocycles. The van der Waals surface area contributed by atoms with Crippen molar-refractivity contribution in [2.24, 2.45) is 0 Å².